The standard InChI is InChI=1S/C41H77NO9S5/c1-6-10-20-31-52-40(53-32-21-11-7-2)38(45)49-29-18-14-16-25-35(51-37(44)28-24-27-36(43)42-56(5,47)48)26-17-15-19-30-50-39(46)41(54-33-22-12-8-3)55-34-23-13-9-4/h35,40-41H,6-34H2,1-5H3,(H,42,43). The first kappa shape index (κ1) is 55.2. The molecule has 0 aliphatic heterocycles. The number of carbonyl (C=O) groups is 4. The molecule has 0 rings (SSSR count). The largest absolute Gasteiger partial charge is 0.464 e. The van der Waals surface area contributed by atoms with Crippen LogP contribution in [0.15, 0.2) is 0 Å². The van der Waals surface area contributed by atoms with Crippen LogP contribution < -0.4 is 4.72 Å². The zero-order valence-corrected chi connectivity index (χ0v) is 39.5. The highest BCUT2D eigenvalue weighted by Crippen LogP contribution is 2.29. The van der Waals surface area contributed by atoms with Crippen LogP contribution >= 0.6 is 47.0 Å². The van der Waals surface area contributed by atoms with E-state index in [0.717, 1.165) is 119 Å². The number of amides is 1. The van der Waals surface area contributed by atoms with Crippen LogP contribution in [0.2, 0.25) is 0 Å². The van der Waals surface area contributed by atoms with E-state index < -0.39 is 21.9 Å². The minimum absolute atomic E-state index is 0.0156. The van der Waals surface area contributed by atoms with Gasteiger partial charge < -0.3 is 14.2 Å². The van der Waals surface area contributed by atoms with Crippen LogP contribution in [0.5, 0.6) is 0 Å². The monoisotopic (exact) mass is 887 g/mol. The Labute approximate surface area is 358 Å². The van der Waals surface area contributed by atoms with E-state index in [2.05, 4.69) is 27.7 Å². The molecular weight excluding hydrogens is 811 g/mol. The minimum Gasteiger partial charge on any atom is -0.464 e. The summed E-state index contributed by atoms with van der Waals surface area (Å²) >= 11 is 6.81. The number of sulfonamides is 1. The maximum atomic E-state index is 12.9. The summed E-state index contributed by atoms with van der Waals surface area (Å²) in [7, 11) is -3.65. The molecule has 0 radical (unpaired) electrons. The van der Waals surface area contributed by atoms with Gasteiger partial charge in [0.25, 0.3) is 0 Å². The Bertz CT molecular complexity index is 1040. The SMILES string of the molecule is CCCCCSC(SCCCCC)C(=O)OCCCCCC(CCCCCOC(=O)C(SCCCCC)SCCCCC)OC(=O)CCCC(=O)NS(C)(=O)=O. The molecule has 0 fully saturated rings. The lowest BCUT2D eigenvalue weighted by Gasteiger charge is -2.19. The molecule has 56 heavy (non-hydrogen) atoms. The number of ether oxygens (including phenoxy) is 3. The van der Waals surface area contributed by atoms with Crippen molar-refractivity contribution in [2.75, 3.05) is 42.5 Å². The fraction of sp³-hybridized carbons (Fsp3) is 0.902. The lowest BCUT2D eigenvalue weighted by molar-refractivity contribution is -0.150. The van der Waals surface area contributed by atoms with Gasteiger partial charge in [0.1, 0.15) is 15.3 Å². The van der Waals surface area contributed by atoms with Gasteiger partial charge in [0.2, 0.25) is 15.9 Å². The van der Waals surface area contributed by atoms with E-state index >= 15 is 0 Å². The average molecular weight is 888 g/mol. The van der Waals surface area contributed by atoms with Crippen molar-refractivity contribution in [3.05, 3.63) is 0 Å². The van der Waals surface area contributed by atoms with Crippen molar-refractivity contribution in [1.29, 1.82) is 0 Å². The van der Waals surface area contributed by atoms with E-state index in [1.54, 1.807) is 47.0 Å². The summed E-state index contributed by atoms with van der Waals surface area (Å²) in [6.07, 6.45) is 20.5. The number of esters is 3. The summed E-state index contributed by atoms with van der Waals surface area (Å²) in [6.45, 7) is 9.45. The Kier molecular flexibility index (Phi) is 37.9. The second-order valence-electron chi connectivity index (χ2n) is 14.3. The van der Waals surface area contributed by atoms with Gasteiger partial charge in [-0.1, -0.05) is 79.1 Å². The molecule has 1 amide bonds. The van der Waals surface area contributed by atoms with Gasteiger partial charge in [-0.25, -0.2) is 18.0 Å². The van der Waals surface area contributed by atoms with E-state index in [0.29, 0.717) is 26.1 Å². The number of hydrogen-bond acceptors (Lipinski definition) is 13. The van der Waals surface area contributed by atoms with Gasteiger partial charge in [0.05, 0.1) is 19.5 Å². The molecule has 330 valence electrons. The summed E-state index contributed by atoms with van der Waals surface area (Å²) in [4.78, 5) is 50.4. The van der Waals surface area contributed by atoms with Gasteiger partial charge in [-0.2, -0.15) is 0 Å². The van der Waals surface area contributed by atoms with Crippen LogP contribution in [0.25, 0.3) is 0 Å². The smallest absolute Gasteiger partial charge is 0.329 e. The molecule has 0 aromatic rings. The minimum atomic E-state index is -3.65. The topological polar surface area (TPSA) is 142 Å². The van der Waals surface area contributed by atoms with E-state index in [4.69, 9.17) is 14.2 Å². The van der Waals surface area contributed by atoms with Gasteiger partial charge in [0, 0.05) is 12.8 Å². The molecule has 0 aromatic carbocycles. The highest BCUT2D eigenvalue weighted by Gasteiger charge is 2.22. The molecule has 0 aliphatic rings. The van der Waals surface area contributed by atoms with Gasteiger partial charge in [-0.05, 0) is 106 Å². The number of nitrogens with one attached hydrogen (secondary N) is 1. The number of rotatable bonds is 40. The van der Waals surface area contributed by atoms with E-state index in [1.807, 2.05) is 4.72 Å². The second kappa shape index (κ2) is 38.4. The maximum Gasteiger partial charge on any atom is 0.329 e. The zero-order chi connectivity index (χ0) is 41.7. The van der Waals surface area contributed by atoms with E-state index in [1.165, 1.54) is 25.7 Å². The van der Waals surface area contributed by atoms with Crippen molar-refractivity contribution in [3.8, 4) is 0 Å². The summed E-state index contributed by atoms with van der Waals surface area (Å²) < 4.78 is 41.4. The third kappa shape index (κ3) is 35.2. The van der Waals surface area contributed by atoms with Crippen molar-refractivity contribution in [1.82, 2.24) is 4.72 Å². The molecule has 0 aromatic heterocycles. The molecule has 0 atom stereocenters. The van der Waals surface area contributed by atoms with Crippen molar-refractivity contribution in [2.24, 2.45) is 0 Å². The number of carbonyl (C=O) groups excluding carboxylic acids is 4. The van der Waals surface area contributed by atoms with Crippen LogP contribution in [0.1, 0.15) is 175 Å². The quantitative estimate of drug-likeness (QED) is 0.0270. The average Bonchev–Trinajstić information content (AvgIpc) is 3.15. The Morgan fingerprint density at radius 3 is 1.27 bits per heavy atom. The molecule has 1 N–H and O–H groups in total. The predicted octanol–water partition coefficient (Wildman–Crippen LogP) is 10.7. The van der Waals surface area contributed by atoms with E-state index in [9.17, 15) is 27.6 Å². The van der Waals surface area contributed by atoms with Crippen molar-refractivity contribution < 1.29 is 41.8 Å². The fourth-order valence-electron chi connectivity index (χ4n) is 5.48. The maximum absolute atomic E-state index is 12.9. The highest BCUT2D eigenvalue weighted by atomic mass is 32.2. The zero-order valence-electron chi connectivity index (χ0n) is 35.5. The number of hydrogen-bond donors (Lipinski definition) is 1. The Morgan fingerprint density at radius 1 is 0.518 bits per heavy atom. The van der Waals surface area contributed by atoms with Gasteiger partial charge in [-0.15, -0.1) is 47.0 Å². The molecule has 10 nitrogen and oxygen atoms in total. The Hall–Kier alpha value is -0.770. The molecule has 15 heteroatoms. The highest BCUT2D eigenvalue weighted by molar-refractivity contribution is 8.18. The summed E-state index contributed by atoms with van der Waals surface area (Å²) in [6, 6.07) is 0. The van der Waals surface area contributed by atoms with Crippen LogP contribution in [0.4, 0.5) is 0 Å². The molecule has 0 spiro atoms. The summed E-state index contributed by atoms with van der Waals surface area (Å²) in [5.41, 5.74) is 0. The second-order valence-corrected chi connectivity index (χ2v) is 21.5. The van der Waals surface area contributed by atoms with Crippen molar-refractivity contribution in [2.45, 2.75) is 191 Å². The van der Waals surface area contributed by atoms with Crippen molar-refractivity contribution in [3.63, 3.8) is 0 Å². The molecule has 0 unspecified atom stereocenters. The van der Waals surface area contributed by atoms with Crippen molar-refractivity contribution >= 4 is 80.9 Å². The van der Waals surface area contributed by atoms with Crippen LogP contribution in [-0.4, -0.2) is 90.0 Å². The molecule has 0 heterocycles. The van der Waals surface area contributed by atoms with E-state index in [-0.39, 0.29) is 46.5 Å². The molecule has 0 bridgehead atoms. The van der Waals surface area contributed by atoms with Crippen LogP contribution in [0, 0.1) is 0 Å². The Balaban J connectivity index is 4.92. The van der Waals surface area contributed by atoms with Gasteiger partial charge in [-0.3, -0.25) is 14.3 Å². The lowest BCUT2D eigenvalue weighted by atomic mass is 10.0. The fourth-order valence-corrected chi connectivity index (χ4v) is 11.1. The summed E-state index contributed by atoms with van der Waals surface area (Å²) in [5.74, 6) is 2.52. The molecular formula is C41H77NO9S5. The Morgan fingerprint density at radius 2 is 0.911 bits per heavy atom. The van der Waals surface area contributed by atoms with Crippen LogP contribution in [-0.2, 0) is 43.4 Å². The number of thioether (sulfide) groups is 4. The molecule has 0 aliphatic carbocycles. The lowest BCUT2D eigenvalue weighted by Crippen LogP contribution is -2.29. The number of unbranched alkanes of at least 4 members (excludes halogenated alkanes) is 12. The first-order chi connectivity index (χ1) is 27.0. The van der Waals surface area contributed by atoms with Crippen LogP contribution in [0.3, 0.4) is 0 Å². The third-order valence-electron chi connectivity index (χ3n) is 8.66. The molecule has 0 saturated carbocycles. The molecule has 0 saturated heterocycles. The first-order valence-electron chi connectivity index (χ1n) is 21.5. The van der Waals surface area contributed by atoms with Gasteiger partial charge >= 0.3 is 17.9 Å². The third-order valence-corrected chi connectivity index (χ3v) is 15.0. The summed E-state index contributed by atoms with van der Waals surface area (Å²) in [5, 5.41) is 0. The van der Waals surface area contributed by atoms with Gasteiger partial charge in [0.15, 0.2) is 0 Å². The normalized spacial score (nSPS) is 11.7. The predicted molar refractivity (Wildman–Crippen MR) is 241 cm³/mol. The first-order valence-corrected chi connectivity index (χ1v) is 27.6.